The van der Waals surface area contributed by atoms with Crippen LogP contribution in [0.3, 0.4) is 0 Å². The number of aromatic nitrogens is 6. The van der Waals surface area contributed by atoms with Gasteiger partial charge in [-0.25, -0.2) is 5.10 Å². The van der Waals surface area contributed by atoms with Gasteiger partial charge in [-0.3, -0.25) is 9.59 Å². The van der Waals surface area contributed by atoms with E-state index in [1.807, 2.05) is 36.4 Å². The number of hydrogen-bond acceptors (Lipinski definition) is 8. The Balaban J connectivity index is 1.29. The second-order valence-corrected chi connectivity index (χ2v) is 8.82. The zero-order chi connectivity index (χ0) is 27.6. The summed E-state index contributed by atoms with van der Waals surface area (Å²) in [6.45, 7) is 1.70. The van der Waals surface area contributed by atoms with Gasteiger partial charge in [0.25, 0.3) is 11.8 Å². The lowest BCUT2D eigenvalue weighted by molar-refractivity contribution is 0.101. The summed E-state index contributed by atoms with van der Waals surface area (Å²) >= 11 is 0. The Morgan fingerprint density at radius 1 is 0.950 bits per heavy atom. The molecule has 2 amide bonds. The summed E-state index contributed by atoms with van der Waals surface area (Å²) in [4.78, 5) is 29.7. The minimum absolute atomic E-state index is 0.258. The molecule has 12 heteroatoms. The van der Waals surface area contributed by atoms with Gasteiger partial charge in [0, 0.05) is 16.5 Å². The Bertz CT molecular complexity index is 1920. The number of carbonyl (C=O) groups is 2. The predicted molar refractivity (Wildman–Crippen MR) is 145 cm³/mol. The molecule has 0 atom stereocenters. The van der Waals surface area contributed by atoms with Crippen LogP contribution in [-0.2, 0) is 0 Å². The molecule has 0 unspecified atom stereocenters. The van der Waals surface area contributed by atoms with E-state index in [9.17, 15) is 14.9 Å². The predicted octanol–water partition coefficient (Wildman–Crippen LogP) is 4.69. The van der Waals surface area contributed by atoms with Gasteiger partial charge in [0.2, 0.25) is 0 Å². The highest BCUT2D eigenvalue weighted by Crippen LogP contribution is 2.30. The van der Waals surface area contributed by atoms with E-state index in [-0.39, 0.29) is 5.69 Å². The number of nitrogens with zero attached hydrogens (tertiary/aromatic N) is 5. The number of benzene rings is 3. The molecule has 194 valence electrons. The first-order valence-corrected chi connectivity index (χ1v) is 12.1. The maximum atomic E-state index is 13.4. The number of para-hydroxylation sites is 1. The van der Waals surface area contributed by atoms with Gasteiger partial charge in [0.15, 0.2) is 11.6 Å². The molecule has 40 heavy (non-hydrogen) atoms. The molecule has 0 aliphatic rings. The minimum atomic E-state index is -0.437. The van der Waals surface area contributed by atoms with Gasteiger partial charge in [0.05, 0.1) is 34.2 Å². The zero-order valence-corrected chi connectivity index (χ0v) is 20.9. The van der Waals surface area contributed by atoms with Crippen molar-refractivity contribution in [3.63, 3.8) is 0 Å². The van der Waals surface area contributed by atoms with Gasteiger partial charge in [-0.05, 0) is 47.7 Å². The number of nitrogens with one attached hydrogen (secondary N) is 4. The van der Waals surface area contributed by atoms with Gasteiger partial charge >= 0.3 is 0 Å². The number of H-pyrrole nitrogens is 2. The van der Waals surface area contributed by atoms with Crippen molar-refractivity contribution in [1.29, 1.82) is 5.26 Å². The third-order valence-electron chi connectivity index (χ3n) is 6.27. The van der Waals surface area contributed by atoms with Crippen LogP contribution in [0.5, 0.6) is 0 Å². The lowest BCUT2D eigenvalue weighted by atomic mass is 10.1. The average Bonchev–Trinajstić information content (AvgIpc) is 3.74. The van der Waals surface area contributed by atoms with Gasteiger partial charge < -0.3 is 20.1 Å². The maximum absolute atomic E-state index is 13.4. The summed E-state index contributed by atoms with van der Waals surface area (Å²) in [6, 6.07) is 23.1. The molecule has 3 heterocycles. The topological polar surface area (TPSA) is 178 Å². The molecule has 0 aliphatic heterocycles. The van der Waals surface area contributed by atoms with Gasteiger partial charge in [-0.2, -0.15) is 5.26 Å². The highest BCUT2D eigenvalue weighted by Gasteiger charge is 2.23. The molecule has 4 N–H and O–H groups in total. The summed E-state index contributed by atoms with van der Waals surface area (Å²) in [5, 5.41) is 33.4. The molecular weight excluding hydrogens is 510 g/mol. The molecule has 3 aromatic heterocycles. The first-order chi connectivity index (χ1) is 19.5. The van der Waals surface area contributed by atoms with Crippen LogP contribution in [0.15, 0.2) is 77.3 Å². The van der Waals surface area contributed by atoms with E-state index in [1.54, 1.807) is 43.3 Å². The summed E-state index contributed by atoms with van der Waals surface area (Å²) in [5.74, 6) is -0.163. The number of nitriles is 1. The molecule has 0 aliphatic carbocycles. The molecule has 0 saturated carbocycles. The first-order valence-electron chi connectivity index (χ1n) is 12.1. The molecule has 0 spiro atoms. The lowest BCUT2D eigenvalue weighted by Gasteiger charge is -2.09. The summed E-state index contributed by atoms with van der Waals surface area (Å²) in [5.41, 5.74) is 4.06. The molecular formula is C28H19N9O3. The number of amides is 2. The van der Waals surface area contributed by atoms with Crippen molar-refractivity contribution in [3.8, 4) is 28.8 Å². The van der Waals surface area contributed by atoms with E-state index in [1.165, 1.54) is 0 Å². The van der Waals surface area contributed by atoms with Gasteiger partial charge in [-0.1, -0.05) is 47.6 Å². The van der Waals surface area contributed by atoms with Gasteiger partial charge in [0.1, 0.15) is 11.3 Å². The van der Waals surface area contributed by atoms with E-state index >= 15 is 0 Å². The highest BCUT2D eigenvalue weighted by molar-refractivity contribution is 6.13. The van der Waals surface area contributed by atoms with Crippen LogP contribution >= 0.6 is 0 Å². The van der Waals surface area contributed by atoms with Crippen LogP contribution in [-0.4, -0.2) is 42.6 Å². The van der Waals surface area contributed by atoms with Crippen molar-refractivity contribution in [2.75, 3.05) is 10.6 Å². The molecule has 6 aromatic rings. The number of aromatic amines is 2. The summed E-state index contributed by atoms with van der Waals surface area (Å²) < 4.78 is 5.47. The summed E-state index contributed by atoms with van der Waals surface area (Å²) in [7, 11) is 0. The lowest BCUT2D eigenvalue weighted by Crippen LogP contribution is -2.14. The number of anilines is 2. The van der Waals surface area contributed by atoms with Crippen molar-refractivity contribution >= 4 is 34.1 Å². The Kier molecular flexibility index (Phi) is 6.06. The number of rotatable bonds is 6. The number of aryl methyl sites for hydroxylation is 1. The average molecular weight is 530 g/mol. The van der Waals surface area contributed by atoms with Crippen molar-refractivity contribution in [3.05, 3.63) is 95.3 Å². The van der Waals surface area contributed by atoms with E-state index in [0.29, 0.717) is 56.2 Å². The van der Waals surface area contributed by atoms with Crippen molar-refractivity contribution in [2.24, 2.45) is 0 Å². The quantitative estimate of drug-likeness (QED) is 0.240. The van der Waals surface area contributed by atoms with Crippen LogP contribution < -0.4 is 10.6 Å². The molecule has 0 saturated heterocycles. The van der Waals surface area contributed by atoms with Crippen molar-refractivity contribution in [2.45, 2.75) is 6.92 Å². The fourth-order valence-electron chi connectivity index (χ4n) is 4.37. The van der Waals surface area contributed by atoms with Gasteiger partial charge in [-0.15, -0.1) is 5.10 Å². The normalized spacial score (nSPS) is 10.8. The molecule has 6 rings (SSSR count). The van der Waals surface area contributed by atoms with E-state index < -0.39 is 11.8 Å². The fourth-order valence-corrected chi connectivity index (χ4v) is 4.37. The van der Waals surface area contributed by atoms with Crippen LogP contribution in [0.25, 0.3) is 33.6 Å². The van der Waals surface area contributed by atoms with E-state index in [2.05, 4.69) is 47.5 Å². The smallest absolute Gasteiger partial charge is 0.272 e. The van der Waals surface area contributed by atoms with Crippen LogP contribution in [0.1, 0.15) is 32.1 Å². The van der Waals surface area contributed by atoms with Crippen LogP contribution in [0.2, 0.25) is 0 Å². The molecule has 0 fully saturated rings. The number of hydrogen-bond donors (Lipinski definition) is 4. The van der Waals surface area contributed by atoms with E-state index in [0.717, 1.165) is 5.56 Å². The Morgan fingerprint density at radius 2 is 1.77 bits per heavy atom. The SMILES string of the molecule is Cc1noc(-c2ccccc2)c1C(=O)Nc1cccc2cc(C(=O)Nc3ccc(C#N)cc3-c3nnn[nH]3)[nH]c12. The molecule has 0 radical (unpaired) electrons. The maximum Gasteiger partial charge on any atom is 0.272 e. The third kappa shape index (κ3) is 4.44. The number of fused-ring (bicyclic) bond motifs is 1. The second-order valence-electron chi connectivity index (χ2n) is 8.82. The highest BCUT2D eigenvalue weighted by atomic mass is 16.5. The largest absolute Gasteiger partial charge is 0.355 e. The van der Waals surface area contributed by atoms with E-state index in [4.69, 9.17) is 4.52 Å². The van der Waals surface area contributed by atoms with Crippen LogP contribution in [0.4, 0.5) is 11.4 Å². The molecule has 0 bridgehead atoms. The second kappa shape index (κ2) is 9.99. The Labute approximate surface area is 226 Å². The Hall–Kier alpha value is -6.09. The third-order valence-corrected chi connectivity index (χ3v) is 6.27. The first kappa shape index (κ1) is 24.3. The minimum Gasteiger partial charge on any atom is -0.355 e. The molecule has 3 aromatic carbocycles. The fraction of sp³-hybridized carbons (Fsp3) is 0.0357. The van der Waals surface area contributed by atoms with Crippen molar-refractivity contribution < 1.29 is 14.1 Å². The molecule has 12 nitrogen and oxygen atoms in total. The number of carbonyl (C=O) groups excluding carboxylic acids is 2. The van der Waals surface area contributed by atoms with Crippen molar-refractivity contribution in [1.82, 2.24) is 30.8 Å². The summed E-state index contributed by atoms with van der Waals surface area (Å²) in [6.07, 6.45) is 0. The monoisotopic (exact) mass is 529 g/mol. The van der Waals surface area contributed by atoms with Crippen LogP contribution in [0, 0.1) is 18.3 Å². The Morgan fingerprint density at radius 3 is 2.55 bits per heavy atom. The zero-order valence-electron chi connectivity index (χ0n) is 20.9. The number of tetrazole rings is 1. The standard InChI is InChI=1S/C28H19N9O3/c1-15-23(25(40-35-15)17-6-3-2-4-7-17)28(39)32-21-9-5-8-18-13-22(30-24(18)21)27(38)31-20-11-10-16(14-29)12-19(20)26-33-36-37-34-26/h2-13,30H,1H3,(H,31,38)(H,32,39)(H,33,34,36,37).